The summed E-state index contributed by atoms with van der Waals surface area (Å²) < 4.78 is 32.2. The lowest BCUT2D eigenvalue weighted by Gasteiger charge is -2.31. The average molecular weight is 773 g/mol. The number of benzene rings is 2. The Morgan fingerprint density at radius 3 is 1.43 bits per heavy atom. The van der Waals surface area contributed by atoms with Gasteiger partial charge in [-0.3, -0.25) is 28.8 Å². The number of carbonyl (C=O) groups is 6. The van der Waals surface area contributed by atoms with Gasteiger partial charge in [0.1, 0.15) is 30.5 Å². The molecule has 6 fully saturated rings. The SMILES string of the molecule is C.COC(=O)CCC(=O)OC1C(OC)C2OC1C1C(=O)N(c3ccccc3)C(=O)C21.COC1C(O)C2OC1C1C(=O)N(c3ccccc3)C(=O)C21.S=S. The van der Waals surface area contributed by atoms with E-state index in [-0.39, 0.29) is 43.9 Å². The second-order valence-corrected chi connectivity index (χ2v) is 12.9. The first kappa shape index (κ1) is 40.1. The number of hydrogen-bond donors (Lipinski definition) is 1. The third-order valence-electron chi connectivity index (χ3n) is 10.4. The fourth-order valence-corrected chi connectivity index (χ4v) is 8.26. The van der Waals surface area contributed by atoms with Crippen molar-refractivity contribution in [3.8, 4) is 0 Å². The van der Waals surface area contributed by atoms with E-state index in [1.165, 1.54) is 31.1 Å². The molecule has 8 rings (SSSR count). The number of para-hydroxylation sites is 2. The number of nitrogens with zero attached hydrogens (tertiary/aromatic N) is 2. The third kappa shape index (κ3) is 6.68. The number of aliphatic hydroxyl groups is 1. The van der Waals surface area contributed by atoms with Gasteiger partial charge in [0.25, 0.3) is 0 Å². The van der Waals surface area contributed by atoms with Gasteiger partial charge in [-0.05, 0) is 24.3 Å². The van der Waals surface area contributed by atoms with Crippen molar-refractivity contribution in [2.75, 3.05) is 31.1 Å². The van der Waals surface area contributed by atoms with Crippen LogP contribution < -0.4 is 9.80 Å². The second kappa shape index (κ2) is 16.5. The molecule has 4 bridgehead atoms. The Bertz CT molecular complexity index is 1720. The average Bonchev–Trinajstić information content (AvgIpc) is 4.00. The molecular weight excluding hydrogens is 733 g/mol. The van der Waals surface area contributed by atoms with E-state index in [1.54, 1.807) is 54.6 Å². The van der Waals surface area contributed by atoms with Crippen LogP contribution in [0.5, 0.6) is 0 Å². The Morgan fingerprint density at radius 1 is 0.623 bits per heavy atom. The minimum Gasteiger partial charge on any atom is -0.469 e. The van der Waals surface area contributed by atoms with Crippen LogP contribution in [0.3, 0.4) is 0 Å². The predicted molar refractivity (Wildman–Crippen MR) is 189 cm³/mol. The number of fused-ring (bicyclic) bond motifs is 10. The van der Waals surface area contributed by atoms with Crippen molar-refractivity contribution in [3.05, 3.63) is 60.7 Å². The summed E-state index contributed by atoms with van der Waals surface area (Å²) in [5.74, 6) is -4.99. The van der Waals surface area contributed by atoms with Crippen molar-refractivity contribution in [1.82, 2.24) is 0 Å². The molecule has 6 aliphatic heterocycles. The molecule has 0 aliphatic carbocycles. The minimum absolute atomic E-state index is 0. The molecule has 12 atom stereocenters. The first-order chi connectivity index (χ1) is 25.1. The van der Waals surface area contributed by atoms with E-state index >= 15 is 0 Å². The van der Waals surface area contributed by atoms with Crippen LogP contribution in [0.15, 0.2) is 60.7 Å². The zero-order chi connectivity index (χ0) is 37.4. The molecule has 6 heterocycles. The van der Waals surface area contributed by atoms with Gasteiger partial charge < -0.3 is 33.5 Å². The van der Waals surface area contributed by atoms with Gasteiger partial charge >= 0.3 is 11.9 Å². The first-order valence-corrected chi connectivity index (χ1v) is 17.8. The Hall–Kier alpha value is -4.10. The van der Waals surface area contributed by atoms with Gasteiger partial charge in [-0.1, -0.05) is 43.8 Å². The molecule has 4 amide bonds. The Kier molecular flexibility index (Phi) is 12.5. The van der Waals surface area contributed by atoms with E-state index < -0.39 is 84.4 Å². The third-order valence-corrected chi connectivity index (χ3v) is 10.4. The molecule has 17 heteroatoms. The number of rotatable bonds is 8. The van der Waals surface area contributed by atoms with Crippen LogP contribution in [0.25, 0.3) is 0 Å². The summed E-state index contributed by atoms with van der Waals surface area (Å²) in [6.07, 6.45) is -5.85. The second-order valence-electron chi connectivity index (χ2n) is 12.9. The summed E-state index contributed by atoms with van der Waals surface area (Å²) in [4.78, 5) is 77.1. The lowest BCUT2D eigenvalue weighted by Crippen LogP contribution is -2.50. The van der Waals surface area contributed by atoms with Crippen LogP contribution in [-0.4, -0.2) is 111 Å². The summed E-state index contributed by atoms with van der Waals surface area (Å²) in [5, 5.41) is 10.2. The van der Waals surface area contributed by atoms with E-state index in [0.717, 1.165) is 0 Å². The first-order valence-electron chi connectivity index (χ1n) is 16.5. The predicted octanol–water partition coefficient (Wildman–Crippen LogP) is 1.03. The number of imide groups is 2. The monoisotopic (exact) mass is 772 g/mol. The van der Waals surface area contributed by atoms with Crippen molar-refractivity contribution in [1.29, 1.82) is 0 Å². The maximum Gasteiger partial charge on any atom is 0.306 e. The maximum absolute atomic E-state index is 13.1. The van der Waals surface area contributed by atoms with Crippen molar-refractivity contribution < 1.29 is 62.3 Å². The smallest absolute Gasteiger partial charge is 0.306 e. The highest BCUT2D eigenvalue weighted by molar-refractivity contribution is 8.07. The molecule has 2 aromatic carbocycles. The van der Waals surface area contributed by atoms with Gasteiger partial charge in [0.2, 0.25) is 23.6 Å². The zero-order valence-corrected chi connectivity index (χ0v) is 29.8. The summed E-state index contributed by atoms with van der Waals surface area (Å²) >= 11 is 7.33. The van der Waals surface area contributed by atoms with Crippen molar-refractivity contribution in [2.24, 2.45) is 23.7 Å². The van der Waals surface area contributed by atoms with Gasteiger partial charge in [0.05, 0.1) is 67.2 Å². The Labute approximate surface area is 315 Å². The molecule has 0 spiro atoms. The van der Waals surface area contributed by atoms with Crippen LogP contribution in [0, 0.1) is 23.7 Å². The van der Waals surface area contributed by atoms with Gasteiger partial charge in [-0.2, -0.15) is 0 Å². The van der Waals surface area contributed by atoms with Gasteiger partial charge in [0.15, 0.2) is 6.10 Å². The van der Waals surface area contributed by atoms with Crippen LogP contribution >= 0.6 is 0 Å². The van der Waals surface area contributed by atoms with Crippen LogP contribution in [0.2, 0.25) is 0 Å². The standard InChI is InChI=1S/C20H21NO8.C15H15NO5.CH4.S2/c1-26-11(22)8-9-12(23)28-18-16-14-13(15(29-16)17(18)27-2)19(24)21(20(14)25)10-6-4-3-5-7-10;1-20-13-10(17)11-8-9(12(13)21-11)15(19)16(14(8)18)7-5-3-2-4-6-7;;1-2/h3-7,13-18H,8-9H2,1-2H3;2-6,8-13,17H,1H3;1H4;. The summed E-state index contributed by atoms with van der Waals surface area (Å²) in [5.41, 5.74) is 1.06. The molecule has 0 radical (unpaired) electrons. The van der Waals surface area contributed by atoms with E-state index in [0.29, 0.717) is 11.4 Å². The summed E-state index contributed by atoms with van der Waals surface area (Å²) in [7, 11) is 4.15. The zero-order valence-electron chi connectivity index (χ0n) is 28.2. The molecule has 0 saturated carbocycles. The lowest BCUT2D eigenvalue weighted by atomic mass is 9.78. The van der Waals surface area contributed by atoms with Crippen LogP contribution in [0.4, 0.5) is 11.4 Å². The largest absolute Gasteiger partial charge is 0.469 e. The molecule has 53 heavy (non-hydrogen) atoms. The van der Waals surface area contributed by atoms with Crippen molar-refractivity contribution in [2.45, 2.75) is 69.1 Å². The van der Waals surface area contributed by atoms with E-state index in [2.05, 4.69) is 27.1 Å². The number of amides is 4. The van der Waals surface area contributed by atoms with E-state index in [9.17, 15) is 33.9 Å². The lowest BCUT2D eigenvalue weighted by molar-refractivity contribution is -0.162. The van der Waals surface area contributed by atoms with Crippen LogP contribution in [-0.2, 0) is 79.6 Å². The fourth-order valence-electron chi connectivity index (χ4n) is 8.26. The molecule has 1 N–H and O–H groups in total. The molecule has 2 aromatic rings. The van der Waals surface area contributed by atoms with Gasteiger partial charge in [0, 0.05) is 36.6 Å². The molecule has 6 aliphatic rings. The topological polar surface area (TPSA) is 185 Å². The highest BCUT2D eigenvalue weighted by atomic mass is 32.8. The molecule has 12 unspecified atom stereocenters. The van der Waals surface area contributed by atoms with Crippen molar-refractivity contribution in [3.63, 3.8) is 0 Å². The maximum atomic E-state index is 13.1. The molecule has 284 valence electrons. The van der Waals surface area contributed by atoms with Gasteiger partial charge in [-0.15, -0.1) is 0 Å². The number of ether oxygens (including phenoxy) is 6. The minimum atomic E-state index is -0.867. The Balaban J connectivity index is 0.000000200. The fraction of sp³-hybridized carbons (Fsp3) is 0.500. The quantitative estimate of drug-likeness (QED) is 0.296. The highest BCUT2D eigenvalue weighted by Gasteiger charge is 2.71. The highest BCUT2D eigenvalue weighted by Crippen LogP contribution is 2.52. The number of anilines is 2. The van der Waals surface area contributed by atoms with E-state index in [4.69, 9.17) is 23.7 Å². The molecule has 15 nitrogen and oxygen atoms in total. The number of aliphatic hydroxyl groups excluding tert-OH is 1. The molecule has 0 aromatic heterocycles. The number of carbonyl (C=O) groups excluding carboxylic acids is 6. The molecule has 6 saturated heterocycles. The van der Waals surface area contributed by atoms with Crippen LogP contribution in [0.1, 0.15) is 20.3 Å². The van der Waals surface area contributed by atoms with Gasteiger partial charge in [-0.25, -0.2) is 9.80 Å². The number of hydrogen-bond acceptors (Lipinski definition) is 15. The number of esters is 2. The van der Waals surface area contributed by atoms with E-state index in [1.807, 2.05) is 6.07 Å². The molecular formula is C36H40N2O13S2. The summed E-state index contributed by atoms with van der Waals surface area (Å²) in [6.45, 7) is 0. The van der Waals surface area contributed by atoms with Crippen molar-refractivity contribution >= 4 is 69.3 Å². The Morgan fingerprint density at radius 2 is 1.00 bits per heavy atom. The number of methoxy groups -OCH3 is 3. The normalized spacial score (nSPS) is 34.0. The summed E-state index contributed by atoms with van der Waals surface area (Å²) in [6, 6.07) is 17.5.